The molecule has 0 N–H and O–H groups in total. The second-order valence-corrected chi connectivity index (χ2v) is 42.3. The predicted octanol–water partition coefficient (Wildman–Crippen LogP) is 22.5. The zero-order valence-electron chi connectivity index (χ0n) is 63.2. The Balaban J connectivity index is 0.000000311. The largest absolute Gasteiger partial charge is 1.00 e. The number of halogens is 5. The Morgan fingerprint density at radius 3 is 1.59 bits per heavy atom. The van der Waals surface area contributed by atoms with Gasteiger partial charge in [-0.25, -0.2) is 9.48 Å². The van der Waals surface area contributed by atoms with Crippen LogP contribution in [0.5, 0.6) is 11.5 Å². The average Bonchev–Trinajstić information content (AvgIpc) is 1.69. The van der Waals surface area contributed by atoms with E-state index in [9.17, 15) is 0 Å². The van der Waals surface area contributed by atoms with Crippen LogP contribution >= 0.6 is 46.7 Å². The second kappa shape index (κ2) is 48.7. The summed E-state index contributed by atoms with van der Waals surface area (Å²) >= 11 is -3.56. The fraction of sp³-hybridized carbons (Fsp3) is 0.578. The standard InChI is InChI=1S/C19H29N2.C19H23N2.C18H33P.C11H14O.C10H12O.3C2H6.5ClH.2Ru/c2*1-14-7-15(2)10-18(9-14)20-5-6-21(13-20)19-11-16(3)8-17(4)12-19;1-4-10-16(11-5-1)19(17-12-6-2-7-13-17)18-14-8-3-9-15-18;1-9(2)12(4)11-8-6-5-7-10(11)3;1-8(2)11-10-7-5-4-6-9(10)3;3*1-2;;;;;;;/h7,9,11,13,15,17,19H,5-6,8,10,12H2,1-4H3;7-13H,5-6H2,1-4H3;16-18H,1-15H2;3,5-9H,4H2,1-2H3;3-8H,1-2H3;3*1-2H3;5*1H;;/q-1;+1;;;;;;;;;;;;2*+2/p-4/t15-,17+,19-;;;;;;;;;;;;;;/m0............../s1. The quantitative estimate of drug-likeness (QED) is 0.0333. The average molecular weight is 1630 g/mol. The molecule has 3 atom stereocenters. The van der Waals surface area contributed by atoms with Crippen molar-refractivity contribution in [2.75, 3.05) is 31.1 Å². The van der Waals surface area contributed by atoms with Crippen molar-refractivity contribution in [3.05, 3.63) is 167 Å². The van der Waals surface area contributed by atoms with Crippen LogP contribution in [0.1, 0.15) is 246 Å². The molecule has 0 bridgehead atoms. The fourth-order valence-electron chi connectivity index (χ4n) is 14.7. The van der Waals surface area contributed by atoms with Gasteiger partial charge in [-0.3, -0.25) is 0 Å². The molecule has 1 saturated heterocycles. The summed E-state index contributed by atoms with van der Waals surface area (Å²) in [6, 6.07) is 29.8. The van der Waals surface area contributed by atoms with Crippen LogP contribution in [0, 0.1) is 53.3 Å². The number of para-hydroxylation sites is 2. The molecule has 97 heavy (non-hydrogen) atoms. The predicted molar refractivity (Wildman–Crippen MR) is 426 cm³/mol. The molecular formula is C83H130Cl5N4O2PRu2. The molecule has 4 aromatic carbocycles. The van der Waals surface area contributed by atoms with E-state index in [2.05, 4.69) is 168 Å². The first kappa shape index (κ1) is 89.0. The summed E-state index contributed by atoms with van der Waals surface area (Å²) in [6.07, 6.45) is 37.5. The molecule has 0 unspecified atom stereocenters. The van der Waals surface area contributed by atoms with E-state index in [0.717, 1.165) is 54.7 Å². The number of hydrogen-bond acceptors (Lipinski definition) is 4. The molecule has 2 heterocycles. The Labute approximate surface area is 628 Å². The van der Waals surface area contributed by atoms with Crippen LogP contribution in [0.25, 0.3) is 0 Å². The topological polar surface area (TPSA) is 24.7 Å². The minimum atomic E-state index is -1.79. The van der Waals surface area contributed by atoms with Crippen molar-refractivity contribution in [1.29, 1.82) is 0 Å². The van der Waals surface area contributed by atoms with E-state index in [-0.39, 0.29) is 32.5 Å². The van der Waals surface area contributed by atoms with Crippen LogP contribution in [0.3, 0.4) is 0 Å². The fourth-order valence-corrected chi connectivity index (χ4v) is 23.6. The van der Waals surface area contributed by atoms with E-state index >= 15 is 0 Å². The van der Waals surface area contributed by atoms with Gasteiger partial charge in [-0.1, -0.05) is 110 Å². The first-order chi connectivity index (χ1) is 46.1. The van der Waals surface area contributed by atoms with Gasteiger partial charge >= 0.3 is 202 Å². The molecule has 5 aliphatic carbocycles. The Hall–Kier alpha value is -2.20. The van der Waals surface area contributed by atoms with Crippen molar-refractivity contribution in [3.63, 3.8) is 0 Å². The minimum absolute atomic E-state index is 0. The maximum atomic E-state index is 5.87. The summed E-state index contributed by atoms with van der Waals surface area (Å²) < 4.78 is 14.6. The van der Waals surface area contributed by atoms with Crippen LogP contribution in [0.4, 0.5) is 11.4 Å². The van der Waals surface area contributed by atoms with Gasteiger partial charge in [-0.05, 0) is 221 Å². The summed E-state index contributed by atoms with van der Waals surface area (Å²) in [5.74, 6) is 3.33. The Morgan fingerprint density at radius 1 is 0.619 bits per heavy atom. The zero-order valence-corrected chi connectivity index (χ0v) is 71.5. The molecule has 0 amide bonds. The maximum absolute atomic E-state index is 5.87. The number of ether oxygens (including phenoxy) is 1. The van der Waals surface area contributed by atoms with E-state index in [4.69, 9.17) is 43.5 Å². The van der Waals surface area contributed by atoms with Crippen LogP contribution in [0.2, 0.25) is 0 Å². The van der Waals surface area contributed by atoms with E-state index in [1.54, 1.807) is 102 Å². The first-order valence-corrected chi connectivity index (χ1v) is 49.7. The maximum Gasteiger partial charge on any atom is -1.00 e. The normalized spacial score (nSPS) is 19.9. The van der Waals surface area contributed by atoms with Gasteiger partial charge in [-0.15, -0.1) is 0 Å². The summed E-state index contributed by atoms with van der Waals surface area (Å²) in [5.41, 5.74) is 18.1. The molecule has 7 aliphatic rings. The summed E-state index contributed by atoms with van der Waals surface area (Å²) in [7, 11) is 27.3. The molecule has 3 saturated carbocycles. The first-order valence-electron chi connectivity index (χ1n) is 37.0. The van der Waals surface area contributed by atoms with Crippen molar-refractivity contribution < 1.29 is 53.1 Å². The molecule has 6 nitrogen and oxygen atoms in total. The van der Waals surface area contributed by atoms with Crippen molar-refractivity contribution in [3.8, 4) is 11.5 Å². The van der Waals surface area contributed by atoms with Gasteiger partial charge in [0.05, 0.1) is 17.0 Å². The zero-order chi connectivity index (χ0) is 70.9. The van der Waals surface area contributed by atoms with E-state index in [1.165, 1.54) is 81.1 Å². The second-order valence-electron chi connectivity index (χ2n) is 27.4. The smallest absolute Gasteiger partial charge is 1.00 e. The van der Waals surface area contributed by atoms with Gasteiger partial charge in [0.15, 0.2) is 0 Å². The Bertz CT molecular complexity index is 3000. The van der Waals surface area contributed by atoms with Gasteiger partial charge in [0.2, 0.25) is 6.34 Å². The molecule has 0 spiro atoms. The number of hydrogen-bond donors (Lipinski definition) is 0. The molecule has 0 aromatic heterocycles. The van der Waals surface area contributed by atoms with Gasteiger partial charge in [0.1, 0.15) is 24.5 Å². The molecule has 11 rings (SSSR count). The number of aryl methyl sites for hydroxylation is 4. The SMILES string of the molecule is C1CCC([PH+](C2CCCCC2)C2CCCCC2)CC1.CC.CC.CC.CC(C)Oc1ccccc1[CH]=[Ru]([Cl])[Cl].CC1=C[C@H](C)CC(N2[CH-]N([C@H]3C=C(C)C[C@@H](C)C3)CC2)=C1.Cc1cc(C)cc(N2C=[N+](c3cc(C)cc(C)c3)CC2)c1.[CH2-][O+](c1ccccc1[CH]=[Ru]([Cl])[Cl])C(C)C.[Cl-]. The summed E-state index contributed by atoms with van der Waals surface area (Å²) in [4.78, 5) is 7.38. The Morgan fingerprint density at radius 2 is 1.10 bits per heavy atom. The van der Waals surface area contributed by atoms with Crippen molar-refractivity contribution in [2.24, 2.45) is 11.8 Å². The summed E-state index contributed by atoms with van der Waals surface area (Å²) in [5, 5.41) is 0. The van der Waals surface area contributed by atoms with E-state index < -0.39 is 27.0 Å². The van der Waals surface area contributed by atoms with Gasteiger partial charge < -0.3 is 22.2 Å². The van der Waals surface area contributed by atoms with Crippen LogP contribution in [-0.4, -0.2) is 91.3 Å². The monoisotopic (exact) mass is 1620 g/mol. The van der Waals surface area contributed by atoms with Crippen molar-refractivity contribution in [2.45, 2.75) is 275 Å². The van der Waals surface area contributed by atoms with Crippen LogP contribution in [-0.2, 0) is 31.4 Å². The Kier molecular flexibility index (Phi) is 44.7. The van der Waals surface area contributed by atoms with Crippen molar-refractivity contribution >= 4 is 73.6 Å². The molecular weight excluding hydrogens is 1500 g/mol. The molecule has 550 valence electrons. The number of nitrogens with zero attached hydrogens (tertiary/aromatic N) is 4. The molecule has 14 heteroatoms. The molecule has 2 aliphatic heterocycles. The van der Waals surface area contributed by atoms with Gasteiger partial charge in [0, 0.05) is 14.0 Å². The number of anilines is 1. The van der Waals surface area contributed by atoms with Crippen molar-refractivity contribution in [1.82, 2.24) is 9.80 Å². The third kappa shape index (κ3) is 31.7. The minimum Gasteiger partial charge on any atom is -1.00 e. The number of rotatable bonds is 13. The summed E-state index contributed by atoms with van der Waals surface area (Å²) in [6.45, 7) is 44.7. The van der Waals surface area contributed by atoms with Gasteiger partial charge in [-0.2, -0.15) is 6.67 Å². The third-order valence-electron chi connectivity index (χ3n) is 18.5. The van der Waals surface area contributed by atoms with Gasteiger partial charge in [0.25, 0.3) is 0 Å². The number of benzene rings is 4. The van der Waals surface area contributed by atoms with E-state index in [0.29, 0.717) is 12.0 Å². The molecule has 4 aromatic rings. The van der Waals surface area contributed by atoms with Crippen LogP contribution < -0.4 is 22.0 Å². The number of allylic oxidation sites excluding steroid dienone is 5. The van der Waals surface area contributed by atoms with Crippen LogP contribution in [0.15, 0.2) is 120 Å². The third-order valence-corrected chi connectivity index (χ3v) is 26.8. The van der Waals surface area contributed by atoms with E-state index in [1.807, 2.05) is 113 Å². The molecule has 4 fully saturated rings. The molecule has 0 radical (unpaired) electrons.